The third-order valence-electron chi connectivity index (χ3n) is 4.43. The first-order valence-corrected chi connectivity index (χ1v) is 9.05. The maximum Gasteiger partial charge on any atom is 0.308 e. The number of piperazine rings is 1. The molecule has 1 aromatic rings. The lowest BCUT2D eigenvalue weighted by atomic mass is 10.1. The summed E-state index contributed by atoms with van der Waals surface area (Å²) in [5, 5.41) is 2.70. The van der Waals surface area contributed by atoms with Crippen LogP contribution < -0.4 is 10.1 Å². The van der Waals surface area contributed by atoms with Crippen LogP contribution in [-0.2, 0) is 19.1 Å². The summed E-state index contributed by atoms with van der Waals surface area (Å²) in [6.45, 7) is 4.38. The van der Waals surface area contributed by atoms with E-state index in [2.05, 4.69) is 5.32 Å². The maximum atomic E-state index is 12.7. The highest BCUT2D eigenvalue weighted by atomic mass is 16.5. The lowest BCUT2D eigenvalue weighted by Crippen LogP contribution is -2.57. The van der Waals surface area contributed by atoms with Gasteiger partial charge in [-0.05, 0) is 25.5 Å². The van der Waals surface area contributed by atoms with Gasteiger partial charge in [0.2, 0.25) is 11.8 Å². The van der Waals surface area contributed by atoms with Gasteiger partial charge in [0.05, 0.1) is 19.6 Å². The molecule has 0 aromatic heterocycles. The Bertz CT molecular complexity index is 716. The molecule has 146 valence electrons. The van der Waals surface area contributed by atoms with Gasteiger partial charge in [-0.15, -0.1) is 0 Å². The van der Waals surface area contributed by atoms with Crippen molar-refractivity contribution in [3.63, 3.8) is 0 Å². The normalized spacial score (nSPS) is 18.1. The Hall–Kier alpha value is -2.83. The number of amides is 2. The van der Waals surface area contributed by atoms with Crippen molar-refractivity contribution in [3.05, 3.63) is 35.9 Å². The van der Waals surface area contributed by atoms with Crippen LogP contribution >= 0.6 is 0 Å². The molecule has 0 radical (unpaired) electrons. The molecule has 1 fully saturated rings. The molecule has 1 heterocycles. The minimum atomic E-state index is -0.870. The number of hydrogen-bond donors (Lipinski definition) is 1. The van der Waals surface area contributed by atoms with Crippen LogP contribution in [-0.4, -0.2) is 55.0 Å². The number of hydrogen-bond acceptors (Lipinski definition) is 5. The number of para-hydroxylation sites is 1. The smallest absolute Gasteiger partial charge is 0.308 e. The predicted molar refractivity (Wildman–Crippen MR) is 101 cm³/mol. The van der Waals surface area contributed by atoms with Gasteiger partial charge in [0.25, 0.3) is 0 Å². The summed E-state index contributed by atoms with van der Waals surface area (Å²) in [6, 6.07) is 6.43. The minimum absolute atomic E-state index is 0.162. The number of carbonyl (C=O) groups is 3. The molecule has 2 rings (SSSR count). The van der Waals surface area contributed by atoms with Crippen LogP contribution in [0, 0.1) is 0 Å². The first-order valence-electron chi connectivity index (χ1n) is 9.05. The van der Waals surface area contributed by atoms with Crippen LogP contribution in [0.5, 0.6) is 5.75 Å². The molecule has 2 amide bonds. The molecule has 0 bridgehead atoms. The topological polar surface area (TPSA) is 84.9 Å². The predicted octanol–water partition coefficient (Wildman–Crippen LogP) is 1.77. The van der Waals surface area contributed by atoms with Gasteiger partial charge in [0.1, 0.15) is 11.8 Å². The molecule has 7 heteroatoms. The average molecular weight is 374 g/mol. The standard InChI is InChI=1S/C20H26N2O5/c1-4-14(2)27-19(24)13-16-20(25)21-11-12-22(16)18(23)10-9-15-7-5-6-8-17(15)26-3/h5-10,14,16H,4,11-13H2,1-3H3,(H,21,25)/b10-9+. The van der Waals surface area contributed by atoms with E-state index in [1.54, 1.807) is 26.2 Å². The maximum absolute atomic E-state index is 12.7. The summed E-state index contributed by atoms with van der Waals surface area (Å²) in [5.74, 6) is -0.525. The van der Waals surface area contributed by atoms with Gasteiger partial charge < -0.3 is 19.7 Å². The molecule has 1 N–H and O–H groups in total. The summed E-state index contributed by atoms with van der Waals surface area (Å²) >= 11 is 0. The Kier molecular flexibility index (Phi) is 7.40. The zero-order valence-corrected chi connectivity index (χ0v) is 15.9. The number of nitrogens with one attached hydrogen (secondary N) is 1. The summed E-state index contributed by atoms with van der Waals surface area (Å²) < 4.78 is 10.5. The second kappa shape index (κ2) is 9.75. The van der Waals surface area contributed by atoms with E-state index in [1.165, 1.54) is 11.0 Å². The number of carbonyl (C=O) groups excluding carboxylic acids is 3. The van der Waals surface area contributed by atoms with Crippen molar-refractivity contribution in [2.45, 2.75) is 38.8 Å². The van der Waals surface area contributed by atoms with E-state index in [4.69, 9.17) is 9.47 Å². The molecule has 1 aromatic carbocycles. The van der Waals surface area contributed by atoms with Crippen LogP contribution in [0.1, 0.15) is 32.3 Å². The summed E-state index contributed by atoms with van der Waals surface area (Å²) in [5.41, 5.74) is 0.752. The summed E-state index contributed by atoms with van der Waals surface area (Å²) in [6.07, 6.45) is 3.34. The number of rotatable bonds is 7. The molecule has 27 heavy (non-hydrogen) atoms. The van der Waals surface area contributed by atoms with Gasteiger partial charge in [-0.25, -0.2) is 0 Å². The second-order valence-corrected chi connectivity index (χ2v) is 6.33. The first-order chi connectivity index (χ1) is 13.0. The van der Waals surface area contributed by atoms with Crippen molar-refractivity contribution in [1.29, 1.82) is 0 Å². The highest BCUT2D eigenvalue weighted by molar-refractivity contribution is 5.97. The SMILES string of the molecule is CCC(C)OC(=O)CC1C(=O)NCCN1C(=O)/C=C/c1ccccc1OC. The molecule has 0 spiro atoms. The molecule has 1 aliphatic rings. The number of methoxy groups -OCH3 is 1. The van der Waals surface area contributed by atoms with E-state index < -0.39 is 12.0 Å². The van der Waals surface area contributed by atoms with E-state index in [0.29, 0.717) is 25.3 Å². The number of nitrogens with zero attached hydrogens (tertiary/aromatic N) is 1. The Morgan fingerprint density at radius 2 is 2.11 bits per heavy atom. The fraction of sp³-hybridized carbons (Fsp3) is 0.450. The monoisotopic (exact) mass is 374 g/mol. The van der Waals surface area contributed by atoms with Gasteiger partial charge in [-0.1, -0.05) is 25.1 Å². The molecule has 2 atom stereocenters. The third kappa shape index (κ3) is 5.57. The van der Waals surface area contributed by atoms with Crippen LogP contribution in [0.3, 0.4) is 0 Å². The second-order valence-electron chi connectivity index (χ2n) is 6.33. The minimum Gasteiger partial charge on any atom is -0.496 e. The number of benzene rings is 1. The lowest BCUT2D eigenvalue weighted by Gasteiger charge is -2.34. The molecule has 7 nitrogen and oxygen atoms in total. The third-order valence-corrected chi connectivity index (χ3v) is 4.43. The molecule has 0 aliphatic carbocycles. The Morgan fingerprint density at radius 3 is 2.81 bits per heavy atom. The Morgan fingerprint density at radius 1 is 1.37 bits per heavy atom. The number of esters is 1. The van der Waals surface area contributed by atoms with E-state index in [9.17, 15) is 14.4 Å². The van der Waals surface area contributed by atoms with Gasteiger partial charge in [-0.3, -0.25) is 14.4 Å². The fourth-order valence-corrected chi connectivity index (χ4v) is 2.76. The Balaban J connectivity index is 2.10. The van der Waals surface area contributed by atoms with Crippen molar-refractivity contribution in [2.75, 3.05) is 20.2 Å². The van der Waals surface area contributed by atoms with Crippen LogP contribution in [0.4, 0.5) is 0 Å². The summed E-state index contributed by atoms with van der Waals surface area (Å²) in [7, 11) is 1.56. The van der Waals surface area contributed by atoms with Gasteiger partial charge in [0, 0.05) is 24.7 Å². The molecule has 0 saturated carbocycles. The average Bonchev–Trinajstić information content (AvgIpc) is 2.67. The largest absolute Gasteiger partial charge is 0.496 e. The van der Waals surface area contributed by atoms with Crippen LogP contribution in [0.25, 0.3) is 6.08 Å². The van der Waals surface area contributed by atoms with Crippen molar-refractivity contribution in [3.8, 4) is 5.75 Å². The highest BCUT2D eigenvalue weighted by Crippen LogP contribution is 2.19. The molecule has 2 unspecified atom stereocenters. The van der Waals surface area contributed by atoms with Crippen molar-refractivity contribution in [2.24, 2.45) is 0 Å². The first kappa shape index (κ1) is 20.5. The quantitative estimate of drug-likeness (QED) is 0.581. The van der Waals surface area contributed by atoms with Crippen molar-refractivity contribution < 1.29 is 23.9 Å². The molecular weight excluding hydrogens is 348 g/mol. The molecule has 1 aliphatic heterocycles. The van der Waals surface area contributed by atoms with Crippen molar-refractivity contribution >= 4 is 23.9 Å². The van der Waals surface area contributed by atoms with E-state index in [1.807, 2.05) is 25.1 Å². The van der Waals surface area contributed by atoms with Gasteiger partial charge >= 0.3 is 5.97 Å². The van der Waals surface area contributed by atoms with Crippen LogP contribution in [0.2, 0.25) is 0 Å². The fourth-order valence-electron chi connectivity index (χ4n) is 2.76. The van der Waals surface area contributed by atoms with E-state index in [0.717, 1.165) is 5.56 Å². The van der Waals surface area contributed by atoms with Gasteiger partial charge in [-0.2, -0.15) is 0 Å². The van der Waals surface area contributed by atoms with Crippen LogP contribution in [0.15, 0.2) is 30.3 Å². The number of ether oxygens (including phenoxy) is 2. The van der Waals surface area contributed by atoms with E-state index in [-0.39, 0.29) is 24.3 Å². The zero-order valence-electron chi connectivity index (χ0n) is 15.9. The molecular formula is C20H26N2O5. The lowest BCUT2D eigenvalue weighted by molar-refractivity contribution is -0.154. The summed E-state index contributed by atoms with van der Waals surface area (Å²) in [4.78, 5) is 38.4. The van der Waals surface area contributed by atoms with Crippen molar-refractivity contribution in [1.82, 2.24) is 10.2 Å². The molecule has 1 saturated heterocycles. The van der Waals surface area contributed by atoms with Gasteiger partial charge in [0.15, 0.2) is 0 Å². The highest BCUT2D eigenvalue weighted by Gasteiger charge is 2.34. The zero-order chi connectivity index (χ0) is 19.8. The Labute approximate surface area is 159 Å². The van der Waals surface area contributed by atoms with E-state index >= 15 is 0 Å².